The number of hydrogen-bond acceptors (Lipinski definition) is 6. The number of aryl methyl sites for hydroxylation is 1. The number of nitrogens with zero attached hydrogens (tertiary/aromatic N) is 4. The molecule has 3 aromatic rings. The SMILES string of the molecule is COc1ccc(Br)c(C(=O)NCCNc2cc(-n3ccc(C)n3)ncn2)c1. The van der Waals surface area contributed by atoms with Crippen LogP contribution in [0.3, 0.4) is 0 Å². The zero-order valence-electron chi connectivity index (χ0n) is 14.9. The van der Waals surface area contributed by atoms with E-state index in [1.165, 1.54) is 6.33 Å². The number of amides is 1. The molecule has 0 unspecified atom stereocenters. The normalized spacial score (nSPS) is 10.5. The van der Waals surface area contributed by atoms with Crippen LogP contribution >= 0.6 is 15.9 Å². The number of ether oxygens (including phenoxy) is 1. The summed E-state index contributed by atoms with van der Waals surface area (Å²) in [7, 11) is 1.56. The molecule has 2 aromatic heterocycles. The number of carbonyl (C=O) groups excluding carboxylic acids is 1. The molecule has 0 aliphatic heterocycles. The van der Waals surface area contributed by atoms with Crippen molar-refractivity contribution in [3.05, 3.63) is 58.6 Å². The lowest BCUT2D eigenvalue weighted by atomic mass is 10.2. The average Bonchev–Trinajstić information content (AvgIpc) is 3.12. The Morgan fingerprint density at radius 1 is 1.22 bits per heavy atom. The molecule has 2 N–H and O–H groups in total. The maximum absolute atomic E-state index is 12.3. The van der Waals surface area contributed by atoms with Crippen LogP contribution in [0.1, 0.15) is 16.1 Å². The first-order valence-electron chi connectivity index (χ1n) is 8.27. The fraction of sp³-hybridized carbons (Fsp3) is 0.222. The van der Waals surface area contributed by atoms with Gasteiger partial charge in [0.2, 0.25) is 0 Å². The van der Waals surface area contributed by atoms with Crippen molar-refractivity contribution in [2.45, 2.75) is 6.92 Å². The molecule has 9 heteroatoms. The van der Waals surface area contributed by atoms with Gasteiger partial charge in [0.15, 0.2) is 5.82 Å². The van der Waals surface area contributed by atoms with Gasteiger partial charge in [-0.1, -0.05) is 0 Å². The number of nitrogens with one attached hydrogen (secondary N) is 2. The van der Waals surface area contributed by atoms with Crippen molar-refractivity contribution >= 4 is 27.7 Å². The first-order valence-corrected chi connectivity index (χ1v) is 9.06. The first-order chi connectivity index (χ1) is 13.1. The summed E-state index contributed by atoms with van der Waals surface area (Å²) >= 11 is 3.38. The maximum atomic E-state index is 12.3. The van der Waals surface area contributed by atoms with Crippen molar-refractivity contribution < 1.29 is 9.53 Å². The molecule has 0 atom stereocenters. The average molecular weight is 431 g/mol. The molecule has 27 heavy (non-hydrogen) atoms. The summed E-state index contributed by atoms with van der Waals surface area (Å²) in [6.07, 6.45) is 3.31. The molecule has 0 bridgehead atoms. The predicted octanol–water partition coefficient (Wildman–Crippen LogP) is 2.58. The van der Waals surface area contributed by atoms with Crippen LogP contribution < -0.4 is 15.4 Å². The van der Waals surface area contributed by atoms with E-state index in [-0.39, 0.29) is 5.91 Å². The predicted molar refractivity (Wildman–Crippen MR) is 105 cm³/mol. The third-order valence-electron chi connectivity index (χ3n) is 3.74. The number of rotatable bonds is 7. The number of hydrogen-bond donors (Lipinski definition) is 2. The monoisotopic (exact) mass is 430 g/mol. The summed E-state index contributed by atoms with van der Waals surface area (Å²) in [5.41, 5.74) is 1.43. The smallest absolute Gasteiger partial charge is 0.252 e. The Morgan fingerprint density at radius 2 is 2.07 bits per heavy atom. The highest BCUT2D eigenvalue weighted by molar-refractivity contribution is 9.10. The highest BCUT2D eigenvalue weighted by Crippen LogP contribution is 2.22. The molecular weight excluding hydrogens is 412 g/mol. The summed E-state index contributed by atoms with van der Waals surface area (Å²) in [5.74, 6) is 1.77. The number of anilines is 1. The van der Waals surface area contributed by atoms with E-state index in [1.54, 1.807) is 36.1 Å². The van der Waals surface area contributed by atoms with Gasteiger partial charge in [-0.25, -0.2) is 14.6 Å². The maximum Gasteiger partial charge on any atom is 0.252 e. The topological polar surface area (TPSA) is 94.0 Å². The summed E-state index contributed by atoms with van der Waals surface area (Å²) < 4.78 is 7.55. The molecule has 0 spiro atoms. The van der Waals surface area contributed by atoms with E-state index in [4.69, 9.17) is 4.74 Å². The summed E-state index contributed by atoms with van der Waals surface area (Å²) in [5, 5.41) is 10.3. The van der Waals surface area contributed by atoms with Gasteiger partial charge in [0.1, 0.15) is 17.9 Å². The second-order valence-electron chi connectivity index (χ2n) is 5.69. The fourth-order valence-electron chi connectivity index (χ4n) is 2.38. The second-order valence-corrected chi connectivity index (χ2v) is 6.55. The summed E-state index contributed by atoms with van der Waals surface area (Å²) in [6, 6.07) is 8.96. The van der Waals surface area contributed by atoms with Crippen LogP contribution in [0.2, 0.25) is 0 Å². The van der Waals surface area contributed by atoms with E-state index in [1.807, 2.05) is 19.2 Å². The van der Waals surface area contributed by atoms with E-state index in [2.05, 4.69) is 41.6 Å². The van der Waals surface area contributed by atoms with Gasteiger partial charge in [-0.2, -0.15) is 5.10 Å². The second kappa shape index (κ2) is 8.63. The molecule has 2 heterocycles. The molecule has 0 saturated carbocycles. The van der Waals surface area contributed by atoms with Gasteiger partial charge >= 0.3 is 0 Å². The lowest BCUT2D eigenvalue weighted by Crippen LogP contribution is -2.29. The van der Waals surface area contributed by atoms with Crippen LogP contribution in [0.4, 0.5) is 5.82 Å². The van der Waals surface area contributed by atoms with E-state index in [0.717, 1.165) is 5.69 Å². The molecule has 140 valence electrons. The Balaban J connectivity index is 1.54. The van der Waals surface area contributed by atoms with Crippen molar-refractivity contribution in [2.24, 2.45) is 0 Å². The Morgan fingerprint density at radius 3 is 2.81 bits per heavy atom. The molecule has 1 aromatic carbocycles. The molecule has 0 aliphatic carbocycles. The fourth-order valence-corrected chi connectivity index (χ4v) is 2.81. The van der Waals surface area contributed by atoms with Crippen LogP contribution in [0, 0.1) is 6.92 Å². The zero-order valence-corrected chi connectivity index (χ0v) is 16.5. The van der Waals surface area contributed by atoms with Gasteiger partial charge in [0, 0.05) is 29.8 Å². The van der Waals surface area contributed by atoms with E-state index in [9.17, 15) is 4.79 Å². The Kier molecular flexibility index (Phi) is 6.02. The van der Waals surface area contributed by atoms with Crippen molar-refractivity contribution in [3.8, 4) is 11.6 Å². The van der Waals surface area contributed by atoms with Crippen LogP contribution in [-0.4, -0.2) is 45.9 Å². The minimum Gasteiger partial charge on any atom is -0.497 e. The molecule has 0 fully saturated rings. The Labute approximate surface area is 165 Å². The van der Waals surface area contributed by atoms with Crippen molar-refractivity contribution in [1.82, 2.24) is 25.1 Å². The molecule has 0 saturated heterocycles. The van der Waals surface area contributed by atoms with Gasteiger partial charge < -0.3 is 15.4 Å². The summed E-state index contributed by atoms with van der Waals surface area (Å²) in [4.78, 5) is 20.7. The number of aromatic nitrogens is 4. The third-order valence-corrected chi connectivity index (χ3v) is 4.44. The zero-order chi connectivity index (χ0) is 19.2. The van der Waals surface area contributed by atoms with Crippen molar-refractivity contribution in [3.63, 3.8) is 0 Å². The molecule has 0 radical (unpaired) electrons. The van der Waals surface area contributed by atoms with E-state index < -0.39 is 0 Å². The van der Waals surface area contributed by atoms with Crippen LogP contribution in [0.5, 0.6) is 5.75 Å². The molecule has 8 nitrogen and oxygen atoms in total. The van der Waals surface area contributed by atoms with Gasteiger partial charge in [-0.05, 0) is 47.1 Å². The van der Waals surface area contributed by atoms with Crippen LogP contribution in [0.25, 0.3) is 5.82 Å². The third kappa shape index (κ3) is 4.82. The number of carbonyl (C=O) groups is 1. The quantitative estimate of drug-likeness (QED) is 0.559. The van der Waals surface area contributed by atoms with Crippen molar-refractivity contribution in [2.75, 3.05) is 25.5 Å². The Hall–Kier alpha value is -2.94. The first kappa shape index (κ1) is 18.8. The molecule has 3 rings (SSSR count). The lowest BCUT2D eigenvalue weighted by molar-refractivity contribution is 0.0954. The van der Waals surface area contributed by atoms with E-state index in [0.29, 0.717) is 40.5 Å². The van der Waals surface area contributed by atoms with Gasteiger partial charge in [0.05, 0.1) is 18.4 Å². The highest BCUT2D eigenvalue weighted by atomic mass is 79.9. The minimum absolute atomic E-state index is 0.182. The van der Waals surface area contributed by atoms with Gasteiger partial charge in [-0.3, -0.25) is 4.79 Å². The highest BCUT2D eigenvalue weighted by Gasteiger charge is 2.11. The molecular formula is C18H19BrN6O2. The number of methoxy groups -OCH3 is 1. The largest absolute Gasteiger partial charge is 0.497 e. The van der Waals surface area contributed by atoms with E-state index >= 15 is 0 Å². The van der Waals surface area contributed by atoms with Crippen molar-refractivity contribution in [1.29, 1.82) is 0 Å². The number of benzene rings is 1. The molecule has 1 amide bonds. The minimum atomic E-state index is -0.182. The van der Waals surface area contributed by atoms with Crippen LogP contribution in [-0.2, 0) is 0 Å². The van der Waals surface area contributed by atoms with Crippen LogP contribution in [0.15, 0.2) is 47.3 Å². The standard InChI is InChI=1S/C18H19BrN6O2/c1-12-5-8-25(24-12)17-10-16(22-11-23-17)20-6-7-21-18(26)14-9-13(27-2)3-4-15(14)19/h3-5,8-11H,6-7H2,1-2H3,(H,21,26)(H,20,22,23). The lowest BCUT2D eigenvalue weighted by Gasteiger charge is -2.10. The van der Waals surface area contributed by atoms with Gasteiger partial charge in [0.25, 0.3) is 5.91 Å². The molecule has 0 aliphatic rings. The number of halogens is 1. The summed E-state index contributed by atoms with van der Waals surface area (Å²) in [6.45, 7) is 2.87. The van der Waals surface area contributed by atoms with Gasteiger partial charge in [-0.15, -0.1) is 0 Å². The Bertz CT molecular complexity index is 943.